The monoisotopic (exact) mass is 479 g/mol. The fraction of sp³-hybridized carbons (Fsp3) is 0.500. The standard InChI is InChI=1S/C24H33N9O2/c1-2-3-8-31(10-11-34)23-21-20(28-24(25)29-23)15-32(30-21)14-17-4-5-19(33-9-7-26-22(17)33)13-27-18-6-12-35-16-18/h4-5,7,9,15,18,27,34H,2-3,6,8,10-14,16H2,1H3,(H2,25,28)/t18-/m1/s1. The van der Waals surface area contributed by atoms with Crippen LogP contribution in [0.15, 0.2) is 30.7 Å². The summed E-state index contributed by atoms with van der Waals surface area (Å²) in [6.45, 7) is 6.28. The van der Waals surface area contributed by atoms with Crippen molar-refractivity contribution in [3.8, 4) is 0 Å². The summed E-state index contributed by atoms with van der Waals surface area (Å²) in [5.74, 6) is 0.865. The van der Waals surface area contributed by atoms with Gasteiger partial charge in [-0.2, -0.15) is 10.1 Å². The molecule has 0 spiro atoms. The van der Waals surface area contributed by atoms with E-state index >= 15 is 0 Å². The van der Waals surface area contributed by atoms with Gasteiger partial charge < -0.3 is 30.2 Å². The van der Waals surface area contributed by atoms with Crippen molar-refractivity contribution in [2.45, 2.75) is 45.3 Å². The third kappa shape index (κ3) is 5.07. The van der Waals surface area contributed by atoms with Gasteiger partial charge in [-0.3, -0.25) is 4.68 Å². The van der Waals surface area contributed by atoms with Crippen LogP contribution in [0.4, 0.5) is 11.8 Å². The van der Waals surface area contributed by atoms with Crippen molar-refractivity contribution in [1.29, 1.82) is 0 Å². The number of fused-ring (bicyclic) bond motifs is 2. The van der Waals surface area contributed by atoms with Crippen LogP contribution in [0.3, 0.4) is 0 Å². The summed E-state index contributed by atoms with van der Waals surface area (Å²) < 4.78 is 9.45. The molecular formula is C24H33N9O2. The quantitative estimate of drug-likeness (QED) is 0.293. The predicted molar refractivity (Wildman–Crippen MR) is 134 cm³/mol. The normalized spacial score (nSPS) is 16.0. The molecule has 35 heavy (non-hydrogen) atoms. The number of hydrogen-bond acceptors (Lipinski definition) is 9. The molecular weight excluding hydrogens is 446 g/mol. The van der Waals surface area contributed by atoms with Gasteiger partial charge in [-0.25, -0.2) is 9.97 Å². The molecule has 4 aromatic heterocycles. The van der Waals surface area contributed by atoms with E-state index in [1.165, 1.54) is 0 Å². The van der Waals surface area contributed by atoms with Gasteiger partial charge in [0.1, 0.15) is 11.2 Å². The Kier molecular flexibility index (Phi) is 7.07. The molecule has 4 aromatic rings. The molecule has 11 heteroatoms. The van der Waals surface area contributed by atoms with Gasteiger partial charge in [0.2, 0.25) is 5.95 Å². The smallest absolute Gasteiger partial charge is 0.222 e. The molecule has 4 N–H and O–H groups in total. The van der Waals surface area contributed by atoms with Crippen LogP contribution in [0.5, 0.6) is 0 Å². The largest absolute Gasteiger partial charge is 0.395 e. The molecule has 0 saturated carbocycles. The number of nitrogen functional groups attached to an aromatic ring is 1. The number of ether oxygens (including phenoxy) is 1. The number of unbranched alkanes of at least 4 members (excludes halogenated alkanes) is 1. The Hall–Kier alpha value is -3.28. The summed E-state index contributed by atoms with van der Waals surface area (Å²) in [5.41, 5.74) is 10.5. The Labute approximate surface area is 203 Å². The van der Waals surface area contributed by atoms with Crippen LogP contribution in [0.25, 0.3) is 16.7 Å². The molecule has 0 radical (unpaired) electrons. The first kappa shape index (κ1) is 23.5. The molecule has 0 unspecified atom stereocenters. The number of anilines is 2. The molecule has 0 aromatic carbocycles. The minimum Gasteiger partial charge on any atom is -0.395 e. The summed E-state index contributed by atoms with van der Waals surface area (Å²) in [6.07, 6.45) is 8.78. The second-order valence-electron chi connectivity index (χ2n) is 8.94. The number of pyridine rings is 1. The van der Waals surface area contributed by atoms with Crippen molar-refractivity contribution < 1.29 is 9.84 Å². The summed E-state index contributed by atoms with van der Waals surface area (Å²) in [4.78, 5) is 15.5. The van der Waals surface area contributed by atoms with E-state index in [0.717, 1.165) is 62.5 Å². The van der Waals surface area contributed by atoms with Gasteiger partial charge in [-0.05, 0) is 18.9 Å². The van der Waals surface area contributed by atoms with Crippen molar-refractivity contribution in [2.24, 2.45) is 0 Å². The molecule has 11 nitrogen and oxygen atoms in total. The highest BCUT2D eigenvalue weighted by atomic mass is 16.5. The molecule has 1 atom stereocenters. The van der Waals surface area contributed by atoms with Crippen molar-refractivity contribution >= 4 is 28.4 Å². The zero-order chi connectivity index (χ0) is 24.2. The molecule has 0 aliphatic carbocycles. The van der Waals surface area contributed by atoms with Gasteiger partial charge >= 0.3 is 0 Å². The van der Waals surface area contributed by atoms with Gasteiger partial charge in [-0.1, -0.05) is 19.4 Å². The molecule has 5 rings (SSSR count). The third-order valence-electron chi connectivity index (χ3n) is 6.41. The zero-order valence-electron chi connectivity index (χ0n) is 20.1. The van der Waals surface area contributed by atoms with Crippen LogP contribution in [0.1, 0.15) is 37.4 Å². The van der Waals surface area contributed by atoms with E-state index in [1.807, 2.05) is 28.2 Å². The number of nitrogens with two attached hydrogens (primary N) is 1. The summed E-state index contributed by atoms with van der Waals surface area (Å²) >= 11 is 0. The van der Waals surface area contributed by atoms with Crippen LogP contribution in [-0.4, -0.2) is 73.2 Å². The summed E-state index contributed by atoms with van der Waals surface area (Å²) in [6, 6.07) is 4.64. The first-order valence-corrected chi connectivity index (χ1v) is 12.3. The van der Waals surface area contributed by atoms with Gasteiger partial charge in [0.05, 0.1) is 26.0 Å². The number of aliphatic hydroxyl groups excluding tert-OH is 1. The van der Waals surface area contributed by atoms with Gasteiger partial charge in [-0.15, -0.1) is 0 Å². The minimum atomic E-state index is 0.0304. The highest BCUT2D eigenvalue weighted by Gasteiger charge is 2.18. The van der Waals surface area contributed by atoms with Crippen LogP contribution in [-0.2, 0) is 17.8 Å². The number of aromatic nitrogens is 6. The molecule has 1 fully saturated rings. The molecule has 0 amide bonds. The number of nitrogens with zero attached hydrogens (tertiary/aromatic N) is 7. The topological polar surface area (TPSA) is 132 Å². The maximum Gasteiger partial charge on any atom is 0.222 e. The average Bonchev–Trinajstić information content (AvgIpc) is 3.61. The molecule has 5 heterocycles. The number of rotatable bonds is 11. The van der Waals surface area contributed by atoms with E-state index in [0.29, 0.717) is 36.0 Å². The lowest BCUT2D eigenvalue weighted by Crippen LogP contribution is -2.29. The Morgan fingerprint density at radius 2 is 2.20 bits per heavy atom. The SMILES string of the molecule is CCCCN(CCO)c1nc(N)nc2cn(Cc3ccc(CN[C@@H]4CCOC4)n4ccnc34)nc12. The van der Waals surface area contributed by atoms with Crippen LogP contribution in [0.2, 0.25) is 0 Å². The van der Waals surface area contributed by atoms with Crippen molar-refractivity contribution in [1.82, 2.24) is 34.4 Å². The van der Waals surface area contributed by atoms with E-state index in [1.54, 1.807) is 0 Å². The highest BCUT2D eigenvalue weighted by Crippen LogP contribution is 2.24. The Bertz CT molecular complexity index is 1280. The number of imidazole rings is 1. The Balaban J connectivity index is 1.42. The second-order valence-corrected chi connectivity index (χ2v) is 8.94. The first-order chi connectivity index (χ1) is 17.2. The maximum atomic E-state index is 9.58. The summed E-state index contributed by atoms with van der Waals surface area (Å²) in [5, 5.41) is 18.0. The maximum absolute atomic E-state index is 9.58. The Morgan fingerprint density at radius 3 is 3.00 bits per heavy atom. The van der Waals surface area contributed by atoms with E-state index in [-0.39, 0.29) is 12.6 Å². The van der Waals surface area contributed by atoms with Gasteiger partial charge in [0, 0.05) is 55.9 Å². The number of nitrogens with one attached hydrogen (secondary N) is 1. The predicted octanol–water partition coefficient (Wildman–Crippen LogP) is 1.58. The first-order valence-electron chi connectivity index (χ1n) is 12.3. The van der Waals surface area contributed by atoms with E-state index < -0.39 is 0 Å². The van der Waals surface area contributed by atoms with Gasteiger partial charge in [0.15, 0.2) is 11.3 Å². The van der Waals surface area contributed by atoms with E-state index in [2.05, 4.69) is 43.7 Å². The van der Waals surface area contributed by atoms with Crippen molar-refractivity contribution in [2.75, 3.05) is 43.5 Å². The van der Waals surface area contributed by atoms with Gasteiger partial charge in [0.25, 0.3) is 0 Å². The lowest BCUT2D eigenvalue weighted by atomic mass is 10.2. The molecule has 1 aliphatic heterocycles. The number of hydrogen-bond donors (Lipinski definition) is 3. The second kappa shape index (κ2) is 10.5. The fourth-order valence-corrected chi connectivity index (χ4v) is 4.57. The lowest BCUT2D eigenvalue weighted by Gasteiger charge is -2.22. The van der Waals surface area contributed by atoms with Crippen molar-refractivity contribution in [3.05, 3.63) is 42.0 Å². The minimum absolute atomic E-state index is 0.0304. The number of aliphatic hydroxyl groups is 1. The summed E-state index contributed by atoms with van der Waals surface area (Å²) in [7, 11) is 0. The molecule has 186 valence electrons. The zero-order valence-corrected chi connectivity index (χ0v) is 20.1. The van der Waals surface area contributed by atoms with Crippen LogP contribution >= 0.6 is 0 Å². The highest BCUT2D eigenvalue weighted by molar-refractivity contribution is 5.86. The molecule has 1 aliphatic rings. The third-order valence-corrected chi connectivity index (χ3v) is 6.41. The molecule has 1 saturated heterocycles. The Morgan fingerprint density at radius 1 is 1.29 bits per heavy atom. The van der Waals surface area contributed by atoms with Crippen LogP contribution < -0.4 is 16.0 Å². The molecule has 0 bridgehead atoms. The van der Waals surface area contributed by atoms with E-state index in [4.69, 9.17) is 15.6 Å². The van der Waals surface area contributed by atoms with E-state index in [9.17, 15) is 5.11 Å². The van der Waals surface area contributed by atoms with Crippen molar-refractivity contribution in [3.63, 3.8) is 0 Å². The van der Waals surface area contributed by atoms with Crippen LogP contribution in [0, 0.1) is 0 Å². The fourth-order valence-electron chi connectivity index (χ4n) is 4.57. The average molecular weight is 480 g/mol. The lowest BCUT2D eigenvalue weighted by molar-refractivity contribution is 0.189.